The third kappa shape index (κ3) is 5.58. The van der Waals surface area contributed by atoms with Crippen LogP contribution in [0.3, 0.4) is 0 Å². The van der Waals surface area contributed by atoms with Crippen LogP contribution in [-0.4, -0.2) is 3.21 Å². The van der Waals surface area contributed by atoms with Crippen molar-refractivity contribution in [2.24, 2.45) is 5.41 Å². The number of aryl methyl sites for hydroxylation is 1. The van der Waals surface area contributed by atoms with E-state index in [1.807, 2.05) is 0 Å². The summed E-state index contributed by atoms with van der Waals surface area (Å²) < 4.78 is 1.42. The predicted molar refractivity (Wildman–Crippen MR) is 177 cm³/mol. The molecule has 0 radical (unpaired) electrons. The van der Waals surface area contributed by atoms with Gasteiger partial charge in [0, 0.05) is 0 Å². The Balaban J connectivity index is 0.000000211. The van der Waals surface area contributed by atoms with E-state index in [0.29, 0.717) is 0 Å². The summed E-state index contributed by atoms with van der Waals surface area (Å²) in [6, 6.07) is 28.1. The minimum absolute atomic E-state index is 0.152. The van der Waals surface area contributed by atoms with Crippen molar-refractivity contribution in [2.75, 3.05) is 0 Å². The summed E-state index contributed by atoms with van der Waals surface area (Å²) in [7, 11) is 0. The normalized spacial score (nSPS) is 16.4. The summed E-state index contributed by atoms with van der Waals surface area (Å²) >= 11 is 1.46. The van der Waals surface area contributed by atoms with Crippen molar-refractivity contribution >= 4 is 14.9 Å². The van der Waals surface area contributed by atoms with Crippen LogP contribution in [0.2, 0.25) is 0 Å². The van der Waals surface area contributed by atoms with Gasteiger partial charge in [-0.15, -0.1) is 33.7 Å². The van der Waals surface area contributed by atoms with E-state index in [2.05, 4.69) is 138 Å². The number of fused-ring (bicyclic) bond motifs is 2. The Labute approximate surface area is 268 Å². The molecule has 0 aliphatic heterocycles. The van der Waals surface area contributed by atoms with Crippen LogP contribution < -0.4 is 10.4 Å². The molecule has 212 valence electrons. The molecule has 0 saturated heterocycles. The maximum absolute atomic E-state index is 3.91. The monoisotopic (exact) mass is 625 g/mol. The number of allylic oxidation sites excluding steroid dienone is 8. The van der Waals surface area contributed by atoms with E-state index in [9.17, 15) is 0 Å². The van der Waals surface area contributed by atoms with Crippen molar-refractivity contribution in [2.45, 2.75) is 73.1 Å². The van der Waals surface area contributed by atoms with Gasteiger partial charge in [-0.1, -0.05) is 92.8 Å². The molecule has 0 atom stereocenters. The fourth-order valence-corrected chi connectivity index (χ4v) is 8.06. The first kappa shape index (κ1) is 30.6. The molecule has 42 heavy (non-hydrogen) atoms. The Morgan fingerprint density at radius 1 is 0.786 bits per heavy atom. The van der Waals surface area contributed by atoms with Crippen molar-refractivity contribution in [3.63, 3.8) is 0 Å². The first-order valence-electron chi connectivity index (χ1n) is 15.8. The molecule has 0 nitrogen and oxygen atoms in total. The quantitative estimate of drug-likeness (QED) is 0.219. The SMILES string of the molecule is CCC1=C(CC)C(CC)(CC)C(C2=CC=CC2)=C2[C-]=c3cc(CC)ccc3=C21.[Zr]=[C](c1ccccc1)c1ccccc1. The number of benzene rings is 3. The number of hydrogen-bond acceptors (Lipinski definition) is 0. The second kappa shape index (κ2) is 13.6. The Morgan fingerprint density at radius 3 is 1.93 bits per heavy atom. The van der Waals surface area contributed by atoms with E-state index in [1.54, 1.807) is 16.7 Å². The molecule has 6 rings (SSSR count). The minimum atomic E-state index is 0.152. The molecule has 0 N–H and O–H groups in total. The molecule has 0 spiro atoms. The van der Waals surface area contributed by atoms with E-state index in [-0.39, 0.29) is 5.41 Å². The summed E-state index contributed by atoms with van der Waals surface area (Å²) in [5, 5.41) is 2.71. The summed E-state index contributed by atoms with van der Waals surface area (Å²) in [5.74, 6) is 0. The molecule has 0 bridgehead atoms. The average Bonchev–Trinajstić information content (AvgIpc) is 3.72. The van der Waals surface area contributed by atoms with Gasteiger partial charge in [0.05, 0.1) is 0 Å². The molecule has 3 aromatic carbocycles. The second-order valence-electron chi connectivity index (χ2n) is 11.4. The Bertz CT molecular complexity index is 1660. The molecule has 3 aromatic rings. The van der Waals surface area contributed by atoms with Crippen LogP contribution in [-0.2, 0) is 30.7 Å². The summed E-state index contributed by atoms with van der Waals surface area (Å²) in [6.45, 7) is 11.7. The number of rotatable bonds is 8. The summed E-state index contributed by atoms with van der Waals surface area (Å²) in [5.41, 5.74) is 13.4. The van der Waals surface area contributed by atoms with Crippen LogP contribution in [0, 0.1) is 5.41 Å². The molecule has 0 unspecified atom stereocenters. The average molecular weight is 627 g/mol. The van der Waals surface area contributed by atoms with E-state index >= 15 is 0 Å². The van der Waals surface area contributed by atoms with Crippen LogP contribution in [0.4, 0.5) is 0 Å². The fraction of sp³-hybridized carbons (Fsp3) is 0.293. The van der Waals surface area contributed by atoms with Gasteiger partial charge in [0.15, 0.2) is 0 Å². The van der Waals surface area contributed by atoms with Gasteiger partial charge < -0.3 is 0 Å². The molecule has 0 heterocycles. The third-order valence-corrected chi connectivity index (χ3v) is 10.8. The third-order valence-electron chi connectivity index (χ3n) is 9.38. The molecule has 1 heteroatoms. The van der Waals surface area contributed by atoms with E-state index in [0.717, 1.165) is 38.5 Å². The van der Waals surface area contributed by atoms with E-state index in [1.165, 1.54) is 71.3 Å². The van der Waals surface area contributed by atoms with Crippen molar-refractivity contribution in [1.29, 1.82) is 0 Å². The molecule has 0 saturated carbocycles. The number of hydrogen-bond donors (Lipinski definition) is 0. The van der Waals surface area contributed by atoms with Crippen molar-refractivity contribution in [1.82, 2.24) is 0 Å². The van der Waals surface area contributed by atoms with Crippen LogP contribution in [0.5, 0.6) is 0 Å². The van der Waals surface area contributed by atoms with Crippen molar-refractivity contribution in [3.8, 4) is 0 Å². The van der Waals surface area contributed by atoms with Crippen molar-refractivity contribution < 1.29 is 24.2 Å². The van der Waals surface area contributed by atoms with Gasteiger partial charge >= 0.3 is 99.2 Å². The molecule has 3 aliphatic rings. The fourth-order valence-electron chi connectivity index (χ4n) is 7.24. The first-order chi connectivity index (χ1) is 20.5. The Kier molecular flexibility index (Phi) is 9.90. The summed E-state index contributed by atoms with van der Waals surface area (Å²) in [6.07, 6.45) is 17.5. The van der Waals surface area contributed by atoms with E-state index in [4.69, 9.17) is 0 Å². The first-order valence-corrected chi connectivity index (χ1v) is 17.1. The Morgan fingerprint density at radius 2 is 1.43 bits per heavy atom. The van der Waals surface area contributed by atoms with Crippen LogP contribution in [0.1, 0.15) is 83.4 Å². The van der Waals surface area contributed by atoms with Gasteiger partial charge in [0.25, 0.3) is 0 Å². The van der Waals surface area contributed by atoms with Gasteiger partial charge in [0.2, 0.25) is 0 Å². The van der Waals surface area contributed by atoms with Gasteiger partial charge in [-0.2, -0.15) is 0 Å². The molecular formula is C41H43Zr-. The molecule has 0 fully saturated rings. The summed E-state index contributed by atoms with van der Waals surface area (Å²) in [4.78, 5) is 0. The molecule has 0 amide bonds. The zero-order valence-corrected chi connectivity index (χ0v) is 28.4. The van der Waals surface area contributed by atoms with Crippen molar-refractivity contribution in [3.05, 3.63) is 152 Å². The van der Waals surface area contributed by atoms with Gasteiger partial charge in [-0.25, -0.2) is 0 Å². The Hall–Kier alpha value is -2.89. The molecule has 0 aromatic heterocycles. The second-order valence-corrected chi connectivity index (χ2v) is 12.6. The zero-order valence-electron chi connectivity index (χ0n) is 26.0. The van der Waals surface area contributed by atoms with Crippen LogP contribution in [0.25, 0.3) is 11.6 Å². The van der Waals surface area contributed by atoms with Crippen LogP contribution in [0.15, 0.2) is 125 Å². The molecular weight excluding hydrogens is 584 g/mol. The van der Waals surface area contributed by atoms with E-state index < -0.39 is 0 Å². The maximum atomic E-state index is 3.91. The zero-order chi connectivity index (χ0) is 29.7. The molecule has 3 aliphatic carbocycles. The standard InChI is InChI=1S/C28H33.C13H10.Zr/c1-6-19-15-16-23-21(17-19)18-24-26(23)22(7-2)25(8-3)28(9-4,10-5)27(24)20-13-11-12-14-20;1-3-7-12(8-4-1)11-13-9-5-2-6-10-13;/h11-13,15-17H,6-10,14H2,1-5H3;1-10H;/q-1;;. The van der Waals surface area contributed by atoms with Gasteiger partial charge in [0.1, 0.15) is 0 Å². The van der Waals surface area contributed by atoms with Gasteiger partial charge in [-0.05, 0) is 43.9 Å². The van der Waals surface area contributed by atoms with Crippen LogP contribution >= 0.6 is 0 Å². The predicted octanol–water partition coefficient (Wildman–Crippen LogP) is 8.99. The topological polar surface area (TPSA) is 0 Å². The van der Waals surface area contributed by atoms with Gasteiger partial charge in [-0.3, -0.25) is 0 Å².